The molecule has 1 saturated heterocycles. The number of para-hydroxylation sites is 2. The summed E-state index contributed by atoms with van der Waals surface area (Å²) in [6, 6.07) is 6.72. The third-order valence-electron chi connectivity index (χ3n) is 4.74. The van der Waals surface area contributed by atoms with Crippen LogP contribution in [0.1, 0.15) is 19.8 Å². The molecule has 0 aliphatic carbocycles. The Bertz CT molecular complexity index is 676. The van der Waals surface area contributed by atoms with Crippen LogP contribution in [0.4, 0.5) is 11.4 Å². The molecule has 7 nitrogen and oxygen atoms in total. The fourth-order valence-electron chi connectivity index (χ4n) is 3.37. The van der Waals surface area contributed by atoms with Crippen molar-refractivity contribution >= 4 is 29.2 Å². The maximum absolute atomic E-state index is 12.9. The second kappa shape index (κ2) is 6.60. The lowest BCUT2D eigenvalue weighted by atomic mass is 9.97. The lowest BCUT2D eigenvalue weighted by Crippen LogP contribution is -2.53. The first-order valence-corrected chi connectivity index (χ1v) is 8.14. The van der Waals surface area contributed by atoms with E-state index < -0.39 is 17.9 Å². The van der Waals surface area contributed by atoms with Crippen LogP contribution in [-0.4, -0.2) is 53.5 Å². The van der Waals surface area contributed by atoms with Crippen LogP contribution in [0.15, 0.2) is 24.3 Å². The number of hydrogen-bond donors (Lipinski definition) is 2. The summed E-state index contributed by atoms with van der Waals surface area (Å²) in [5.41, 5.74) is 1.30. The normalized spacial score (nSPS) is 22.5. The van der Waals surface area contributed by atoms with E-state index in [0.717, 1.165) is 6.42 Å². The molecule has 128 valence electrons. The van der Waals surface area contributed by atoms with Crippen LogP contribution in [0.2, 0.25) is 0 Å². The molecule has 0 spiro atoms. The molecule has 3 rings (SSSR count). The number of carboxylic acid groups (broad SMARTS) is 1. The molecule has 2 heterocycles. The van der Waals surface area contributed by atoms with Crippen LogP contribution in [0, 0.1) is 5.92 Å². The Morgan fingerprint density at radius 3 is 2.83 bits per heavy atom. The predicted octanol–water partition coefficient (Wildman–Crippen LogP) is 1.16. The van der Waals surface area contributed by atoms with Gasteiger partial charge in [-0.2, -0.15) is 0 Å². The summed E-state index contributed by atoms with van der Waals surface area (Å²) in [7, 11) is 0. The van der Waals surface area contributed by atoms with Gasteiger partial charge < -0.3 is 10.4 Å². The largest absolute Gasteiger partial charge is 0.481 e. The first-order chi connectivity index (χ1) is 11.5. The Morgan fingerprint density at radius 2 is 2.08 bits per heavy atom. The zero-order valence-corrected chi connectivity index (χ0v) is 13.6. The van der Waals surface area contributed by atoms with Gasteiger partial charge in [-0.1, -0.05) is 12.1 Å². The van der Waals surface area contributed by atoms with Crippen molar-refractivity contribution in [2.45, 2.75) is 25.8 Å². The number of hydrogen-bond acceptors (Lipinski definition) is 4. The van der Waals surface area contributed by atoms with E-state index in [9.17, 15) is 19.5 Å². The highest BCUT2D eigenvalue weighted by Gasteiger charge is 2.35. The summed E-state index contributed by atoms with van der Waals surface area (Å²) in [6.45, 7) is 2.82. The van der Waals surface area contributed by atoms with Gasteiger partial charge in [0.2, 0.25) is 11.8 Å². The van der Waals surface area contributed by atoms with Crippen molar-refractivity contribution in [2.24, 2.45) is 5.92 Å². The summed E-state index contributed by atoms with van der Waals surface area (Å²) in [5, 5.41) is 12.0. The number of amides is 2. The lowest BCUT2D eigenvalue weighted by molar-refractivity contribution is -0.144. The number of nitrogens with one attached hydrogen (secondary N) is 1. The van der Waals surface area contributed by atoms with Crippen molar-refractivity contribution < 1.29 is 19.5 Å². The molecule has 1 fully saturated rings. The minimum Gasteiger partial charge on any atom is -0.481 e. The van der Waals surface area contributed by atoms with E-state index >= 15 is 0 Å². The Morgan fingerprint density at radius 1 is 1.33 bits per heavy atom. The van der Waals surface area contributed by atoms with Gasteiger partial charge in [-0.25, -0.2) is 0 Å². The number of aliphatic carboxylic acids is 1. The molecule has 2 aliphatic rings. The third-order valence-corrected chi connectivity index (χ3v) is 4.74. The molecule has 24 heavy (non-hydrogen) atoms. The Labute approximate surface area is 140 Å². The molecule has 2 amide bonds. The molecule has 2 N–H and O–H groups in total. The lowest BCUT2D eigenvalue weighted by Gasteiger charge is -2.38. The van der Waals surface area contributed by atoms with Crippen molar-refractivity contribution in [3.8, 4) is 0 Å². The van der Waals surface area contributed by atoms with Gasteiger partial charge in [-0.05, 0) is 38.4 Å². The molecule has 1 aromatic rings. The summed E-state index contributed by atoms with van der Waals surface area (Å²) in [5.74, 6) is -1.66. The van der Waals surface area contributed by atoms with E-state index in [1.165, 1.54) is 4.90 Å². The average molecular weight is 331 g/mol. The van der Waals surface area contributed by atoms with Gasteiger partial charge >= 0.3 is 5.97 Å². The van der Waals surface area contributed by atoms with E-state index in [2.05, 4.69) is 5.32 Å². The van der Waals surface area contributed by atoms with Crippen LogP contribution >= 0.6 is 0 Å². The number of carbonyl (C=O) groups is 3. The van der Waals surface area contributed by atoms with E-state index in [1.807, 2.05) is 11.0 Å². The molecule has 0 saturated carbocycles. The first kappa shape index (κ1) is 16.4. The van der Waals surface area contributed by atoms with Gasteiger partial charge in [0, 0.05) is 6.54 Å². The highest BCUT2D eigenvalue weighted by molar-refractivity contribution is 6.11. The van der Waals surface area contributed by atoms with Gasteiger partial charge in [0.25, 0.3) is 0 Å². The Balaban J connectivity index is 1.78. The molecular formula is C17H21N3O4. The number of carbonyl (C=O) groups excluding carboxylic acids is 2. The van der Waals surface area contributed by atoms with Crippen molar-refractivity contribution in [2.75, 3.05) is 29.9 Å². The molecule has 0 bridgehead atoms. The second-order valence-electron chi connectivity index (χ2n) is 6.34. The molecule has 1 aromatic carbocycles. The molecular weight excluding hydrogens is 310 g/mol. The number of piperidine rings is 1. The van der Waals surface area contributed by atoms with E-state index in [4.69, 9.17) is 0 Å². The van der Waals surface area contributed by atoms with Gasteiger partial charge in [-0.15, -0.1) is 0 Å². The quantitative estimate of drug-likeness (QED) is 0.867. The van der Waals surface area contributed by atoms with Gasteiger partial charge in [-0.3, -0.25) is 24.2 Å². The molecule has 7 heteroatoms. The minimum atomic E-state index is -0.818. The SMILES string of the molecule is CC(C(=O)N1CC(=O)Nc2ccccc21)N1CCCC(C(=O)O)C1. The zero-order valence-electron chi connectivity index (χ0n) is 13.6. The Kier molecular flexibility index (Phi) is 4.53. The third kappa shape index (κ3) is 3.12. The van der Waals surface area contributed by atoms with Gasteiger partial charge in [0.1, 0.15) is 6.54 Å². The van der Waals surface area contributed by atoms with Crippen LogP contribution in [0.3, 0.4) is 0 Å². The predicted molar refractivity (Wildman–Crippen MR) is 88.8 cm³/mol. The number of fused-ring (bicyclic) bond motifs is 1. The maximum Gasteiger partial charge on any atom is 0.307 e. The molecule has 2 unspecified atom stereocenters. The van der Waals surface area contributed by atoms with Crippen LogP contribution in [0.25, 0.3) is 0 Å². The number of carboxylic acids is 1. The second-order valence-corrected chi connectivity index (χ2v) is 6.34. The van der Waals surface area contributed by atoms with E-state index in [1.54, 1.807) is 25.1 Å². The topological polar surface area (TPSA) is 90.0 Å². The van der Waals surface area contributed by atoms with Crippen LogP contribution < -0.4 is 10.2 Å². The fourth-order valence-corrected chi connectivity index (χ4v) is 3.37. The number of benzene rings is 1. The Hall–Kier alpha value is -2.41. The van der Waals surface area contributed by atoms with Crippen molar-refractivity contribution in [3.63, 3.8) is 0 Å². The standard InChI is InChI=1S/C17H21N3O4/c1-11(19-8-4-5-12(9-19)17(23)24)16(22)20-10-15(21)18-13-6-2-3-7-14(13)20/h2-3,6-7,11-12H,4-5,8-10H2,1H3,(H,18,21)(H,23,24). The van der Waals surface area contributed by atoms with Crippen LogP contribution in [-0.2, 0) is 14.4 Å². The fraction of sp³-hybridized carbons (Fsp3) is 0.471. The smallest absolute Gasteiger partial charge is 0.307 e. The molecule has 2 atom stereocenters. The number of rotatable bonds is 3. The van der Waals surface area contributed by atoms with Gasteiger partial charge in [0.15, 0.2) is 0 Å². The first-order valence-electron chi connectivity index (χ1n) is 8.14. The van der Waals surface area contributed by atoms with Crippen molar-refractivity contribution in [1.29, 1.82) is 0 Å². The van der Waals surface area contributed by atoms with E-state index in [0.29, 0.717) is 30.9 Å². The minimum absolute atomic E-state index is 0.0175. The van der Waals surface area contributed by atoms with Gasteiger partial charge in [0.05, 0.1) is 23.3 Å². The summed E-state index contributed by atoms with van der Waals surface area (Å²) in [4.78, 5) is 39.4. The van der Waals surface area contributed by atoms with E-state index in [-0.39, 0.29) is 18.4 Å². The number of nitrogens with zero attached hydrogens (tertiary/aromatic N) is 2. The molecule has 0 aromatic heterocycles. The maximum atomic E-state index is 12.9. The average Bonchev–Trinajstić information content (AvgIpc) is 2.59. The number of likely N-dealkylation sites (tertiary alicyclic amines) is 1. The highest BCUT2D eigenvalue weighted by atomic mass is 16.4. The monoisotopic (exact) mass is 331 g/mol. The van der Waals surface area contributed by atoms with Crippen molar-refractivity contribution in [1.82, 2.24) is 4.90 Å². The van der Waals surface area contributed by atoms with Crippen molar-refractivity contribution in [3.05, 3.63) is 24.3 Å². The summed E-state index contributed by atoms with van der Waals surface area (Å²) >= 11 is 0. The molecule has 0 radical (unpaired) electrons. The highest BCUT2D eigenvalue weighted by Crippen LogP contribution is 2.30. The van der Waals surface area contributed by atoms with Crippen LogP contribution in [0.5, 0.6) is 0 Å². The zero-order chi connectivity index (χ0) is 17.3. The number of anilines is 2. The summed E-state index contributed by atoms with van der Waals surface area (Å²) in [6.07, 6.45) is 1.40. The molecule has 2 aliphatic heterocycles. The summed E-state index contributed by atoms with van der Waals surface area (Å²) < 4.78 is 0.